The molecule has 2 heterocycles. The molecular formula is C27H40Cl2N2O5. The molecule has 5 aliphatic rings. The van der Waals surface area contributed by atoms with Crippen LogP contribution in [0.1, 0.15) is 63.5 Å². The molecule has 3 aliphatic carbocycles. The third-order valence-corrected chi connectivity index (χ3v) is 9.51. The summed E-state index contributed by atoms with van der Waals surface area (Å²) in [6, 6.07) is 3.38. The number of methoxy groups -OCH3 is 1. The number of aromatic hydroxyl groups is 1. The number of aliphatic carboxylic acids is 1. The maximum Gasteiger partial charge on any atom is 0.320 e. The molecule has 2 aliphatic heterocycles. The van der Waals surface area contributed by atoms with E-state index >= 15 is 0 Å². The number of hydrogen-bond donors (Lipinski definition) is 3. The number of ether oxygens (including phenoxy) is 2. The Hall–Kier alpha value is -1.25. The summed E-state index contributed by atoms with van der Waals surface area (Å²) in [5, 5.41) is 24.3. The van der Waals surface area contributed by atoms with Crippen LogP contribution in [0, 0.1) is 11.8 Å². The first-order valence-electron chi connectivity index (χ1n) is 13.1. The number of carbonyl (C=O) groups is 1. The topological polar surface area (TPSA) is 91.3 Å². The van der Waals surface area contributed by atoms with Crippen molar-refractivity contribution in [2.45, 2.75) is 94.0 Å². The fourth-order valence-corrected chi connectivity index (χ4v) is 8.01. The van der Waals surface area contributed by atoms with Gasteiger partial charge < -0.3 is 19.7 Å². The highest BCUT2D eigenvalue weighted by atomic mass is 35.5. The summed E-state index contributed by atoms with van der Waals surface area (Å²) in [6.07, 6.45) is 6.42. The largest absolute Gasteiger partial charge is 0.504 e. The van der Waals surface area contributed by atoms with E-state index < -0.39 is 17.6 Å². The Balaban J connectivity index is 0.00000152. The van der Waals surface area contributed by atoms with E-state index in [-0.39, 0.29) is 60.1 Å². The van der Waals surface area contributed by atoms with Crippen molar-refractivity contribution in [1.29, 1.82) is 0 Å². The highest BCUT2D eigenvalue weighted by Gasteiger charge is 2.74. The molecule has 1 aromatic rings. The van der Waals surface area contributed by atoms with Crippen molar-refractivity contribution in [3.63, 3.8) is 0 Å². The SMILES string of the molecule is CO[C@@]12CC[C@H](N[C@@H](CC(C)C)C(=O)O)[C@@H]3Oc4c(O)ccc5c4[C@@]31CCN(CC1CC1)[C@@H]2C5.Cl.Cl. The molecule has 1 spiro atoms. The third kappa shape index (κ3) is 3.84. The van der Waals surface area contributed by atoms with Crippen LogP contribution in [-0.4, -0.2) is 71.1 Å². The summed E-state index contributed by atoms with van der Waals surface area (Å²) < 4.78 is 13.3. The van der Waals surface area contributed by atoms with Gasteiger partial charge in [0.05, 0.1) is 11.0 Å². The number of likely N-dealkylation sites (tertiary alicyclic amines) is 1. The first-order chi connectivity index (χ1) is 16.3. The Morgan fingerprint density at radius 3 is 2.64 bits per heavy atom. The number of nitrogens with one attached hydrogen (secondary N) is 1. The lowest BCUT2D eigenvalue weighted by atomic mass is 9.48. The van der Waals surface area contributed by atoms with Crippen molar-refractivity contribution < 1.29 is 24.5 Å². The zero-order valence-electron chi connectivity index (χ0n) is 21.4. The smallest absolute Gasteiger partial charge is 0.320 e. The minimum atomic E-state index is -0.811. The average Bonchev–Trinajstić information content (AvgIpc) is 3.54. The highest BCUT2D eigenvalue weighted by molar-refractivity contribution is 5.85. The number of hydrogen-bond acceptors (Lipinski definition) is 6. The van der Waals surface area contributed by atoms with E-state index in [1.54, 1.807) is 6.07 Å². The third-order valence-electron chi connectivity index (χ3n) is 9.51. The Labute approximate surface area is 226 Å². The number of rotatable bonds is 8. The van der Waals surface area contributed by atoms with Gasteiger partial charge in [0, 0.05) is 31.3 Å². The van der Waals surface area contributed by atoms with E-state index in [0.29, 0.717) is 12.2 Å². The van der Waals surface area contributed by atoms with Crippen LogP contribution >= 0.6 is 24.8 Å². The maximum absolute atomic E-state index is 12.1. The zero-order valence-corrected chi connectivity index (χ0v) is 23.0. The van der Waals surface area contributed by atoms with Gasteiger partial charge in [-0.3, -0.25) is 15.0 Å². The predicted molar refractivity (Wildman–Crippen MR) is 142 cm³/mol. The van der Waals surface area contributed by atoms with Crippen molar-refractivity contribution in [1.82, 2.24) is 10.2 Å². The minimum Gasteiger partial charge on any atom is -0.504 e. The number of carboxylic acid groups (broad SMARTS) is 1. The van der Waals surface area contributed by atoms with Gasteiger partial charge in [-0.2, -0.15) is 0 Å². The van der Waals surface area contributed by atoms with E-state index in [0.717, 1.165) is 50.3 Å². The summed E-state index contributed by atoms with van der Waals surface area (Å²) in [5.41, 5.74) is 1.60. The summed E-state index contributed by atoms with van der Waals surface area (Å²) in [5.74, 6) is 1.05. The maximum atomic E-state index is 12.1. The van der Waals surface area contributed by atoms with Gasteiger partial charge >= 0.3 is 5.97 Å². The van der Waals surface area contributed by atoms with E-state index in [9.17, 15) is 15.0 Å². The summed E-state index contributed by atoms with van der Waals surface area (Å²) in [6.45, 7) is 6.23. The number of phenolic OH excluding ortho intramolecular Hbond substituents is 1. The molecule has 202 valence electrons. The van der Waals surface area contributed by atoms with Crippen molar-refractivity contribution in [2.24, 2.45) is 11.8 Å². The lowest BCUT2D eigenvalue weighted by molar-refractivity contribution is -0.208. The molecule has 36 heavy (non-hydrogen) atoms. The van der Waals surface area contributed by atoms with Crippen molar-refractivity contribution in [2.75, 3.05) is 20.2 Å². The molecule has 1 saturated heterocycles. The van der Waals surface area contributed by atoms with Crippen LogP contribution in [0.2, 0.25) is 0 Å². The molecule has 0 radical (unpaired) electrons. The Bertz CT molecular complexity index is 1000. The zero-order chi connectivity index (χ0) is 23.8. The molecule has 1 aromatic carbocycles. The molecule has 9 heteroatoms. The van der Waals surface area contributed by atoms with Crippen LogP contribution in [0.5, 0.6) is 11.5 Å². The Morgan fingerprint density at radius 1 is 1.25 bits per heavy atom. The second-order valence-corrected chi connectivity index (χ2v) is 11.8. The van der Waals surface area contributed by atoms with Gasteiger partial charge in [0.2, 0.25) is 0 Å². The van der Waals surface area contributed by atoms with Crippen molar-refractivity contribution >= 4 is 30.8 Å². The number of piperidine rings is 1. The van der Waals surface area contributed by atoms with Gasteiger partial charge in [0.25, 0.3) is 0 Å². The number of benzene rings is 1. The average molecular weight is 544 g/mol. The summed E-state index contributed by atoms with van der Waals surface area (Å²) in [4.78, 5) is 14.8. The molecule has 6 rings (SSSR count). The highest BCUT2D eigenvalue weighted by Crippen LogP contribution is 2.66. The molecule has 7 nitrogen and oxygen atoms in total. The lowest BCUT2D eigenvalue weighted by Gasteiger charge is -2.65. The fourth-order valence-electron chi connectivity index (χ4n) is 8.01. The predicted octanol–water partition coefficient (Wildman–Crippen LogP) is 3.91. The monoisotopic (exact) mass is 542 g/mol. The molecule has 6 atom stereocenters. The Morgan fingerprint density at radius 2 is 2.00 bits per heavy atom. The van der Waals surface area contributed by atoms with E-state index in [4.69, 9.17) is 9.47 Å². The van der Waals surface area contributed by atoms with Gasteiger partial charge in [-0.1, -0.05) is 19.9 Å². The fraction of sp³-hybridized carbons (Fsp3) is 0.741. The second kappa shape index (κ2) is 9.81. The van der Waals surface area contributed by atoms with Gasteiger partial charge in [-0.05, 0) is 75.0 Å². The molecule has 0 unspecified atom stereocenters. The molecule has 0 amide bonds. The summed E-state index contributed by atoms with van der Waals surface area (Å²) >= 11 is 0. The second-order valence-electron chi connectivity index (χ2n) is 11.8. The van der Waals surface area contributed by atoms with Crippen LogP contribution in [0.15, 0.2) is 12.1 Å². The molecule has 3 N–H and O–H groups in total. The van der Waals surface area contributed by atoms with Crippen molar-refractivity contribution in [3.05, 3.63) is 23.3 Å². The molecule has 2 saturated carbocycles. The van der Waals surface area contributed by atoms with Crippen LogP contribution in [0.25, 0.3) is 0 Å². The number of phenols is 1. The molecule has 3 fully saturated rings. The quantitative estimate of drug-likeness (QED) is 0.458. The van der Waals surface area contributed by atoms with Crippen molar-refractivity contribution in [3.8, 4) is 11.5 Å². The molecular weight excluding hydrogens is 503 g/mol. The number of halogens is 2. The summed E-state index contributed by atoms with van der Waals surface area (Å²) in [7, 11) is 1.85. The minimum absolute atomic E-state index is 0. The standard InChI is InChI=1S/C27H38N2O5.2ClH/c1-15(2)12-19(25(31)32)28-18-8-9-27(33-3)21-13-17-6-7-20(30)23-22(17)26(27,24(18)34-23)10-11-29(21)14-16-4-5-16;;/h6-7,15-16,18-19,21,24,28,30H,4-5,8-14H2,1-3H3,(H,31,32);2*1H/t18-,19-,21+,24-,26-,27+;;/m0../s1. The molecule has 2 bridgehead atoms. The number of nitrogens with zero attached hydrogens (tertiary/aromatic N) is 1. The van der Waals surface area contributed by atoms with Gasteiger partial charge in [-0.15, -0.1) is 24.8 Å². The Kier molecular flexibility index (Phi) is 7.57. The van der Waals surface area contributed by atoms with E-state index in [2.05, 4.69) is 30.1 Å². The van der Waals surface area contributed by atoms with Crippen LogP contribution in [0.3, 0.4) is 0 Å². The van der Waals surface area contributed by atoms with Gasteiger partial charge in [0.1, 0.15) is 12.1 Å². The van der Waals surface area contributed by atoms with Gasteiger partial charge in [-0.25, -0.2) is 0 Å². The van der Waals surface area contributed by atoms with Gasteiger partial charge in [0.15, 0.2) is 11.5 Å². The lowest BCUT2D eigenvalue weighted by Crippen LogP contribution is -2.79. The normalized spacial score (nSPS) is 34.7. The van der Waals surface area contributed by atoms with Crippen LogP contribution in [-0.2, 0) is 21.4 Å². The number of carboxylic acids is 1. The van der Waals surface area contributed by atoms with Crippen LogP contribution in [0.4, 0.5) is 0 Å². The van der Waals surface area contributed by atoms with E-state index in [1.165, 1.54) is 18.4 Å². The first-order valence-corrected chi connectivity index (χ1v) is 13.1. The van der Waals surface area contributed by atoms with Crippen LogP contribution < -0.4 is 10.1 Å². The molecule has 0 aromatic heterocycles. The first kappa shape index (κ1) is 27.8. The van der Waals surface area contributed by atoms with E-state index in [1.807, 2.05) is 7.11 Å².